The summed E-state index contributed by atoms with van der Waals surface area (Å²) in [6.07, 6.45) is 2.82. The van der Waals surface area contributed by atoms with Crippen LogP contribution in [0.3, 0.4) is 0 Å². The summed E-state index contributed by atoms with van der Waals surface area (Å²) in [7, 11) is 0. The molecule has 0 spiro atoms. The van der Waals surface area contributed by atoms with E-state index in [1.807, 2.05) is 13.0 Å². The van der Waals surface area contributed by atoms with Gasteiger partial charge in [0.15, 0.2) is 0 Å². The quantitative estimate of drug-likeness (QED) is 0.653. The Labute approximate surface area is 107 Å². The molecule has 1 fully saturated rings. The fourth-order valence-corrected chi connectivity index (χ4v) is 2.56. The zero-order valence-electron chi connectivity index (χ0n) is 10.6. The molecular weight excluding hydrogens is 230 g/mol. The Morgan fingerprint density at radius 1 is 1.39 bits per heavy atom. The van der Waals surface area contributed by atoms with Crippen molar-refractivity contribution in [3.05, 3.63) is 39.9 Å². The molecule has 1 unspecified atom stereocenters. The second kappa shape index (κ2) is 5.04. The number of nitrogens with two attached hydrogens (primary N) is 1. The summed E-state index contributed by atoms with van der Waals surface area (Å²) < 4.78 is 0. The highest BCUT2D eigenvalue weighted by Gasteiger charge is 2.31. The molecule has 1 aliphatic heterocycles. The van der Waals surface area contributed by atoms with Crippen molar-refractivity contribution in [3.63, 3.8) is 0 Å². The summed E-state index contributed by atoms with van der Waals surface area (Å²) in [5.74, 6) is 0. The molecule has 0 aliphatic carbocycles. The van der Waals surface area contributed by atoms with Gasteiger partial charge in [0, 0.05) is 18.1 Å². The van der Waals surface area contributed by atoms with Gasteiger partial charge in [0.25, 0.3) is 5.69 Å². The lowest BCUT2D eigenvalue weighted by Crippen LogP contribution is -2.54. The van der Waals surface area contributed by atoms with E-state index in [1.54, 1.807) is 12.1 Å². The SMILES string of the molecule is CC(N)(Cc1ccccc1[N+](=O)[O-])N1CCCC1. The number of para-hydroxylation sites is 1. The van der Waals surface area contributed by atoms with Crippen LogP contribution >= 0.6 is 0 Å². The molecule has 2 N–H and O–H groups in total. The van der Waals surface area contributed by atoms with Gasteiger partial charge in [-0.3, -0.25) is 15.0 Å². The van der Waals surface area contributed by atoms with Crippen LogP contribution in [0.1, 0.15) is 25.3 Å². The van der Waals surface area contributed by atoms with Crippen LogP contribution in [0.15, 0.2) is 24.3 Å². The third-order valence-electron chi connectivity index (χ3n) is 3.57. The summed E-state index contributed by atoms with van der Waals surface area (Å²) in [6.45, 7) is 3.91. The second-order valence-electron chi connectivity index (χ2n) is 5.11. The van der Waals surface area contributed by atoms with Crippen LogP contribution in [-0.2, 0) is 6.42 Å². The first kappa shape index (κ1) is 13.0. The van der Waals surface area contributed by atoms with Gasteiger partial charge in [-0.1, -0.05) is 18.2 Å². The fourth-order valence-electron chi connectivity index (χ4n) is 2.56. The van der Waals surface area contributed by atoms with Crippen molar-refractivity contribution >= 4 is 5.69 Å². The van der Waals surface area contributed by atoms with Crippen molar-refractivity contribution in [2.24, 2.45) is 5.73 Å². The largest absolute Gasteiger partial charge is 0.313 e. The molecule has 0 aromatic heterocycles. The summed E-state index contributed by atoms with van der Waals surface area (Å²) in [4.78, 5) is 12.9. The predicted molar refractivity (Wildman–Crippen MR) is 70.2 cm³/mol. The molecule has 0 saturated carbocycles. The Bertz CT molecular complexity index is 440. The normalized spacial score (nSPS) is 19.7. The average molecular weight is 249 g/mol. The smallest absolute Gasteiger partial charge is 0.272 e. The van der Waals surface area contributed by atoms with Gasteiger partial charge in [0.05, 0.1) is 10.6 Å². The Balaban J connectivity index is 2.20. The third kappa shape index (κ3) is 2.68. The number of nitrogens with zero attached hydrogens (tertiary/aromatic N) is 2. The molecule has 98 valence electrons. The maximum Gasteiger partial charge on any atom is 0.272 e. The van der Waals surface area contributed by atoms with Gasteiger partial charge >= 0.3 is 0 Å². The van der Waals surface area contributed by atoms with Crippen molar-refractivity contribution in [2.75, 3.05) is 13.1 Å². The lowest BCUT2D eigenvalue weighted by Gasteiger charge is -2.35. The Kier molecular flexibility index (Phi) is 3.63. The van der Waals surface area contributed by atoms with Crippen molar-refractivity contribution < 1.29 is 4.92 Å². The maximum absolute atomic E-state index is 11.0. The molecule has 1 aliphatic rings. The van der Waals surface area contributed by atoms with Crippen molar-refractivity contribution in [1.82, 2.24) is 4.90 Å². The van der Waals surface area contributed by atoms with Crippen LogP contribution in [0.25, 0.3) is 0 Å². The molecule has 0 radical (unpaired) electrons. The summed E-state index contributed by atoms with van der Waals surface area (Å²) in [5, 5.41) is 11.0. The first-order valence-corrected chi connectivity index (χ1v) is 6.27. The Morgan fingerprint density at radius 3 is 2.61 bits per heavy atom. The summed E-state index contributed by atoms with van der Waals surface area (Å²) >= 11 is 0. The van der Waals surface area contributed by atoms with Crippen LogP contribution < -0.4 is 5.73 Å². The van der Waals surface area contributed by atoms with E-state index in [1.165, 1.54) is 6.07 Å². The van der Waals surface area contributed by atoms with Crippen LogP contribution in [-0.4, -0.2) is 28.6 Å². The lowest BCUT2D eigenvalue weighted by molar-refractivity contribution is -0.385. The molecule has 18 heavy (non-hydrogen) atoms. The minimum Gasteiger partial charge on any atom is -0.313 e. The summed E-state index contributed by atoms with van der Waals surface area (Å²) in [5.41, 5.74) is 6.68. The summed E-state index contributed by atoms with van der Waals surface area (Å²) in [6, 6.07) is 6.84. The molecule has 1 saturated heterocycles. The maximum atomic E-state index is 11.0. The number of hydrogen-bond acceptors (Lipinski definition) is 4. The van der Waals surface area contributed by atoms with Crippen molar-refractivity contribution in [3.8, 4) is 0 Å². The van der Waals surface area contributed by atoms with Crippen LogP contribution in [0, 0.1) is 10.1 Å². The molecule has 1 aromatic rings. The number of rotatable bonds is 4. The van der Waals surface area contributed by atoms with Crippen LogP contribution in [0.2, 0.25) is 0 Å². The van der Waals surface area contributed by atoms with Gasteiger partial charge in [-0.2, -0.15) is 0 Å². The van der Waals surface area contributed by atoms with Crippen molar-refractivity contribution in [1.29, 1.82) is 0 Å². The zero-order chi connectivity index (χ0) is 13.2. The highest BCUT2D eigenvalue weighted by molar-refractivity contribution is 5.40. The number of nitro groups is 1. The molecule has 0 amide bonds. The molecular formula is C13H19N3O2. The molecule has 5 nitrogen and oxygen atoms in total. The predicted octanol–water partition coefficient (Wildman–Crippen LogP) is 1.91. The van der Waals surface area contributed by atoms with Crippen LogP contribution in [0.5, 0.6) is 0 Å². The third-order valence-corrected chi connectivity index (χ3v) is 3.57. The molecule has 5 heteroatoms. The molecule has 1 aromatic carbocycles. The lowest BCUT2D eigenvalue weighted by atomic mass is 9.99. The van der Waals surface area contributed by atoms with Gasteiger partial charge < -0.3 is 5.73 Å². The minimum atomic E-state index is -0.511. The zero-order valence-corrected chi connectivity index (χ0v) is 10.6. The standard InChI is InChI=1S/C13H19N3O2/c1-13(14,15-8-4-5-9-15)10-11-6-2-3-7-12(11)16(17)18/h2-3,6-7H,4-5,8-10,14H2,1H3. The van der Waals surface area contributed by atoms with Gasteiger partial charge in [0.2, 0.25) is 0 Å². The van der Waals surface area contributed by atoms with Crippen LogP contribution in [0.4, 0.5) is 5.69 Å². The van der Waals surface area contributed by atoms with E-state index in [-0.39, 0.29) is 10.6 Å². The fraction of sp³-hybridized carbons (Fsp3) is 0.538. The number of nitro benzene ring substituents is 1. The van der Waals surface area contributed by atoms with E-state index in [9.17, 15) is 10.1 Å². The van der Waals surface area contributed by atoms with E-state index in [0.717, 1.165) is 25.9 Å². The van der Waals surface area contributed by atoms with E-state index in [4.69, 9.17) is 5.73 Å². The minimum absolute atomic E-state index is 0.161. The monoisotopic (exact) mass is 249 g/mol. The molecule has 1 atom stereocenters. The molecule has 1 heterocycles. The van der Waals surface area contributed by atoms with E-state index in [2.05, 4.69) is 4.90 Å². The molecule has 2 rings (SSSR count). The van der Waals surface area contributed by atoms with Gasteiger partial charge in [0.1, 0.15) is 0 Å². The first-order chi connectivity index (χ1) is 8.50. The second-order valence-corrected chi connectivity index (χ2v) is 5.11. The van der Waals surface area contributed by atoms with E-state index < -0.39 is 5.66 Å². The number of hydrogen-bond donors (Lipinski definition) is 1. The van der Waals surface area contributed by atoms with Crippen molar-refractivity contribution in [2.45, 2.75) is 31.8 Å². The van der Waals surface area contributed by atoms with E-state index in [0.29, 0.717) is 12.0 Å². The highest BCUT2D eigenvalue weighted by Crippen LogP contribution is 2.25. The average Bonchev–Trinajstić information content (AvgIpc) is 2.83. The first-order valence-electron chi connectivity index (χ1n) is 6.27. The van der Waals surface area contributed by atoms with Gasteiger partial charge in [-0.05, 0) is 32.9 Å². The Hall–Kier alpha value is -1.46. The van der Waals surface area contributed by atoms with Gasteiger partial charge in [-0.25, -0.2) is 0 Å². The number of benzene rings is 1. The Morgan fingerprint density at radius 2 is 2.00 bits per heavy atom. The van der Waals surface area contributed by atoms with Gasteiger partial charge in [-0.15, -0.1) is 0 Å². The topological polar surface area (TPSA) is 72.4 Å². The molecule has 0 bridgehead atoms. The highest BCUT2D eigenvalue weighted by atomic mass is 16.6. The number of likely N-dealkylation sites (tertiary alicyclic amines) is 1. The van der Waals surface area contributed by atoms with E-state index >= 15 is 0 Å².